The fourth-order valence-corrected chi connectivity index (χ4v) is 2.44. The van der Waals surface area contributed by atoms with Crippen LogP contribution in [0.2, 0.25) is 0 Å². The Bertz CT molecular complexity index is 837. The van der Waals surface area contributed by atoms with E-state index in [1.54, 1.807) is 0 Å². The highest BCUT2D eigenvalue weighted by atomic mass is 79.9. The van der Waals surface area contributed by atoms with Gasteiger partial charge in [-0.25, -0.2) is 4.79 Å². The van der Waals surface area contributed by atoms with Crippen LogP contribution in [0, 0.1) is 6.92 Å². The molecule has 1 aromatic heterocycles. The van der Waals surface area contributed by atoms with E-state index < -0.39 is 5.63 Å². The minimum absolute atomic E-state index is 0.306. The van der Waals surface area contributed by atoms with Gasteiger partial charge in [-0.05, 0) is 34.6 Å². The van der Waals surface area contributed by atoms with Gasteiger partial charge in [0, 0.05) is 28.1 Å². The van der Waals surface area contributed by atoms with Gasteiger partial charge < -0.3 is 4.74 Å². The molecule has 1 heterocycles. The second-order valence-electron chi connectivity index (χ2n) is 4.88. The third-order valence-electron chi connectivity index (χ3n) is 3.18. The van der Waals surface area contributed by atoms with Crippen molar-refractivity contribution in [1.82, 2.24) is 5.27 Å². The highest BCUT2D eigenvalue weighted by Gasteiger charge is 2.19. The maximum Gasteiger partial charge on any atom is 0.442 e. The number of hydrogen-bond donors (Lipinski definition) is 1. The van der Waals surface area contributed by atoms with Crippen molar-refractivity contribution < 1.29 is 13.9 Å². The van der Waals surface area contributed by atoms with E-state index in [0.29, 0.717) is 11.2 Å². The Morgan fingerprint density at radius 3 is 2.64 bits per heavy atom. The van der Waals surface area contributed by atoms with Gasteiger partial charge in [0.15, 0.2) is 0 Å². The molecule has 112 valence electrons. The summed E-state index contributed by atoms with van der Waals surface area (Å²) in [7, 11) is 0. The minimum Gasteiger partial charge on any atom is -0.489 e. The molecule has 0 bridgehead atoms. The molecule has 0 spiro atoms. The summed E-state index contributed by atoms with van der Waals surface area (Å²) in [6, 6.07) is 15.6. The number of halogens is 1. The molecule has 3 aromatic rings. The van der Waals surface area contributed by atoms with Crippen molar-refractivity contribution in [3.05, 3.63) is 74.7 Å². The molecule has 0 amide bonds. The summed E-state index contributed by atoms with van der Waals surface area (Å²) in [6.07, 6.45) is 0. The van der Waals surface area contributed by atoms with Crippen LogP contribution in [0.15, 0.2) is 62.5 Å². The third-order valence-corrected chi connectivity index (χ3v) is 3.86. The summed E-state index contributed by atoms with van der Waals surface area (Å²) in [6.45, 7) is 2.57. The van der Waals surface area contributed by atoms with E-state index in [-0.39, 0.29) is 0 Å². The third kappa shape index (κ3) is 3.12. The van der Waals surface area contributed by atoms with E-state index in [2.05, 4.69) is 40.3 Å². The summed E-state index contributed by atoms with van der Waals surface area (Å²) in [5.74, 6) is 0.757. The van der Waals surface area contributed by atoms with Gasteiger partial charge in [-0.1, -0.05) is 29.8 Å². The SMILES string of the molecule is Cc1cccc(COc2ccc(-[n+]3[nH]oc(=O)c3Br)cc2)c1. The number of aromatic nitrogens is 2. The Hall–Kier alpha value is -2.34. The Balaban J connectivity index is 1.72. The molecular formula is C16H14BrN2O3+. The average molecular weight is 362 g/mol. The first-order chi connectivity index (χ1) is 10.6. The number of benzene rings is 2. The van der Waals surface area contributed by atoms with Crippen LogP contribution >= 0.6 is 15.9 Å². The summed E-state index contributed by atoms with van der Waals surface area (Å²) in [4.78, 5) is 11.3. The van der Waals surface area contributed by atoms with Crippen molar-refractivity contribution >= 4 is 15.9 Å². The van der Waals surface area contributed by atoms with Crippen LogP contribution in [0.25, 0.3) is 5.69 Å². The van der Waals surface area contributed by atoms with E-state index in [0.717, 1.165) is 17.0 Å². The largest absolute Gasteiger partial charge is 0.489 e. The molecule has 0 aliphatic heterocycles. The maximum absolute atomic E-state index is 11.3. The second-order valence-corrected chi connectivity index (χ2v) is 5.63. The topological polar surface area (TPSA) is 59.1 Å². The lowest BCUT2D eigenvalue weighted by Gasteiger charge is -2.06. The van der Waals surface area contributed by atoms with Crippen LogP contribution in [0.1, 0.15) is 11.1 Å². The number of nitrogens with zero attached hydrogens (tertiary/aromatic N) is 1. The zero-order valence-electron chi connectivity index (χ0n) is 11.9. The molecule has 0 aliphatic rings. The van der Waals surface area contributed by atoms with Gasteiger partial charge in [0.05, 0.1) is 0 Å². The lowest BCUT2D eigenvalue weighted by Crippen LogP contribution is -2.34. The van der Waals surface area contributed by atoms with Crippen molar-refractivity contribution in [2.24, 2.45) is 0 Å². The molecule has 0 radical (unpaired) electrons. The van der Waals surface area contributed by atoms with Gasteiger partial charge in [0.1, 0.15) is 12.4 Å². The minimum atomic E-state index is -0.459. The summed E-state index contributed by atoms with van der Waals surface area (Å²) < 4.78 is 12.3. The molecular weight excluding hydrogens is 348 g/mol. The van der Waals surface area contributed by atoms with Crippen molar-refractivity contribution in [1.29, 1.82) is 0 Å². The van der Waals surface area contributed by atoms with Crippen LogP contribution in [0.4, 0.5) is 0 Å². The molecule has 0 fully saturated rings. The zero-order chi connectivity index (χ0) is 15.5. The molecule has 0 saturated heterocycles. The van der Waals surface area contributed by atoms with Crippen molar-refractivity contribution in [2.45, 2.75) is 13.5 Å². The fraction of sp³-hybridized carbons (Fsp3) is 0.125. The molecule has 0 unspecified atom stereocenters. The average Bonchev–Trinajstić information content (AvgIpc) is 2.86. The highest BCUT2D eigenvalue weighted by molar-refractivity contribution is 9.10. The van der Waals surface area contributed by atoms with E-state index in [1.807, 2.05) is 36.4 Å². The lowest BCUT2D eigenvalue weighted by molar-refractivity contribution is -0.680. The predicted octanol–water partition coefficient (Wildman–Crippen LogP) is 2.89. The Morgan fingerprint density at radius 2 is 2.00 bits per heavy atom. The second kappa shape index (κ2) is 6.19. The van der Waals surface area contributed by atoms with Crippen LogP contribution < -0.4 is 15.0 Å². The van der Waals surface area contributed by atoms with E-state index in [4.69, 9.17) is 9.26 Å². The van der Waals surface area contributed by atoms with E-state index >= 15 is 0 Å². The van der Waals surface area contributed by atoms with Crippen LogP contribution in [-0.4, -0.2) is 5.27 Å². The van der Waals surface area contributed by atoms with Gasteiger partial charge in [0.25, 0.3) is 0 Å². The number of aryl methyl sites for hydroxylation is 1. The quantitative estimate of drug-likeness (QED) is 0.726. The van der Waals surface area contributed by atoms with Crippen LogP contribution in [0.5, 0.6) is 5.75 Å². The lowest BCUT2D eigenvalue weighted by atomic mass is 10.1. The number of hydrogen-bond acceptors (Lipinski definition) is 3. The molecule has 3 rings (SSSR count). The normalized spacial score (nSPS) is 10.6. The van der Waals surface area contributed by atoms with Gasteiger partial charge in [-0.15, -0.1) is 0 Å². The summed E-state index contributed by atoms with van der Waals surface area (Å²) in [5, 5.41) is 2.52. The molecule has 5 nitrogen and oxygen atoms in total. The summed E-state index contributed by atoms with van der Waals surface area (Å²) in [5.41, 5.74) is 2.64. The smallest absolute Gasteiger partial charge is 0.442 e. The number of aromatic amines is 1. The number of rotatable bonds is 4. The van der Waals surface area contributed by atoms with Gasteiger partial charge in [-0.2, -0.15) is 0 Å². The molecule has 0 atom stereocenters. The number of nitrogens with one attached hydrogen (secondary N) is 1. The molecule has 0 aliphatic carbocycles. The zero-order valence-corrected chi connectivity index (χ0v) is 13.5. The van der Waals surface area contributed by atoms with Gasteiger partial charge >= 0.3 is 10.2 Å². The monoisotopic (exact) mass is 361 g/mol. The fourth-order valence-electron chi connectivity index (χ4n) is 2.09. The van der Waals surface area contributed by atoms with Gasteiger partial charge in [-0.3, -0.25) is 4.52 Å². The first kappa shape index (κ1) is 14.6. The maximum atomic E-state index is 11.3. The number of ether oxygens (including phenoxy) is 1. The Morgan fingerprint density at radius 1 is 1.23 bits per heavy atom. The standard InChI is InChI=1S/C16H13BrN2O3/c1-11-3-2-4-12(9-11)10-21-14-7-5-13(6-8-14)19-15(17)16(20)22-18-19/h2-9H,10H2,1H3/p+1. The van der Waals surface area contributed by atoms with Crippen LogP contribution in [-0.2, 0) is 6.61 Å². The molecule has 0 saturated carbocycles. The highest BCUT2D eigenvalue weighted by Crippen LogP contribution is 2.15. The van der Waals surface area contributed by atoms with Crippen molar-refractivity contribution in [3.63, 3.8) is 0 Å². The number of H-pyrrole nitrogens is 1. The van der Waals surface area contributed by atoms with E-state index in [9.17, 15) is 4.79 Å². The van der Waals surface area contributed by atoms with E-state index in [1.165, 1.54) is 10.2 Å². The Labute approximate surface area is 135 Å². The first-order valence-electron chi connectivity index (χ1n) is 6.71. The summed E-state index contributed by atoms with van der Waals surface area (Å²) >= 11 is 3.17. The molecule has 22 heavy (non-hydrogen) atoms. The Kier molecular flexibility index (Phi) is 4.11. The molecule has 2 aromatic carbocycles. The first-order valence-corrected chi connectivity index (χ1v) is 7.50. The molecule has 1 N–H and O–H groups in total. The predicted molar refractivity (Wildman–Crippen MR) is 84.1 cm³/mol. The van der Waals surface area contributed by atoms with Gasteiger partial charge in [0.2, 0.25) is 5.69 Å². The molecule has 6 heteroatoms. The van der Waals surface area contributed by atoms with Crippen molar-refractivity contribution in [2.75, 3.05) is 0 Å². The van der Waals surface area contributed by atoms with Crippen LogP contribution in [0.3, 0.4) is 0 Å². The van der Waals surface area contributed by atoms with Crippen molar-refractivity contribution in [3.8, 4) is 11.4 Å².